The SMILES string of the molecule is Cc1ccsc1C(=O)Nc1cc(CN2CCN(CCN3CCOCC3)CC2)ccc1C=Cc1n[nH]c2ccccc12. The third-order valence-electron chi connectivity index (χ3n) is 8.06. The molecule has 2 fully saturated rings. The van der Waals surface area contributed by atoms with Crippen LogP contribution in [0.5, 0.6) is 0 Å². The number of H-pyrrole nitrogens is 1. The van der Waals surface area contributed by atoms with Crippen molar-refractivity contribution in [1.82, 2.24) is 24.9 Å². The minimum Gasteiger partial charge on any atom is -0.379 e. The summed E-state index contributed by atoms with van der Waals surface area (Å²) in [6, 6.07) is 16.5. The smallest absolute Gasteiger partial charge is 0.266 e. The summed E-state index contributed by atoms with van der Waals surface area (Å²) in [5.74, 6) is -0.0663. The van der Waals surface area contributed by atoms with Crippen LogP contribution in [0.3, 0.4) is 0 Å². The number of carbonyl (C=O) groups excluding carboxylic acids is 1. The van der Waals surface area contributed by atoms with Crippen molar-refractivity contribution < 1.29 is 9.53 Å². The highest BCUT2D eigenvalue weighted by atomic mass is 32.1. The van der Waals surface area contributed by atoms with Gasteiger partial charge >= 0.3 is 0 Å². The van der Waals surface area contributed by atoms with Gasteiger partial charge in [-0.2, -0.15) is 5.10 Å². The Labute approximate surface area is 245 Å². The van der Waals surface area contributed by atoms with Crippen molar-refractivity contribution in [1.29, 1.82) is 0 Å². The molecule has 0 bridgehead atoms. The zero-order chi connectivity index (χ0) is 28.0. The minimum absolute atomic E-state index is 0.0663. The highest BCUT2D eigenvalue weighted by Gasteiger charge is 2.19. The number of morpholine rings is 1. The molecule has 6 rings (SSSR count). The molecule has 4 aromatic rings. The van der Waals surface area contributed by atoms with Gasteiger partial charge in [-0.15, -0.1) is 11.3 Å². The van der Waals surface area contributed by atoms with Crippen LogP contribution in [0.15, 0.2) is 53.9 Å². The number of para-hydroxylation sites is 1. The number of nitrogens with zero attached hydrogens (tertiary/aromatic N) is 4. The van der Waals surface area contributed by atoms with Gasteiger partial charge in [0.1, 0.15) is 0 Å². The van der Waals surface area contributed by atoms with Crippen LogP contribution in [-0.2, 0) is 11.3 Å². The van der Waals surface area contributed by atoms with E-state index in [0.29, 0.717) is 0 Å². The van der Waals surface area contributed by atoms with Crippen molar-refractivity contribution in [3.05, 3.63) is 81.2 Å². The Morgan fingerprint density at radius 3 is 2.51 bits per heavy atom. The summed E-state index contributed by atoms with van der Waals surface area (Å²) in [4.78, 5) is 21.5. The lowest BCUT2D eigenvalue weighted by atomic mass is 10.1. The first kappa shape index (κ1) is 27.8. The number of aromatic amines is 1. The molecule has 2 aliphatic rings. The number of anilines is 1. The normalized spacial score (nSPS) is 17.5. The second-order valence-electron chi connectivity index (χ2n) is 10.9. The molecule has 2 saturated heterocycles. The van der Waals surface area contributed by atoms with Gasteiger partial charge < -0.3 is 10.1 Å². The van der Waals surface area contributed by atoms with Crippen molar-refractivity contribution in [2.24, 2.45) is 0 Å². The molecule has 0 aliphatic carbocycles. The molecule has 2 N–H and O–H groups in total. The molecule has 0 saturated carbocycles. The number of carbonyl (C=O) groups is 1. The quantitative estimate of drug-likeness (QED) is 0.301. The maximum Gasteiger partial charge on any atom is 0.266 e. The molecular weight excluding hydrogens is 532 g/mol. The summed E-state index contributed by atoms with van der Waals surface area (Å²) in [5, 5.41) is 13.8. The van der Waals surface area contributed by atoms with Crippen LogP contribution in [0, 0.1) is 6.92 Å². The summed E-state index contributed by atoms with van der Waals surface area (Å²) in [7, 11) is 0. The molecule has 0 spiro atoms. The number of thiophene rings is 1. The Kier molecular flexibility index (Phi) is 8.88. The molecule has 0 radical (unpaired) electrons. The molecular formula is C32H38N6O2S. The number of ether oxygens (including phenoxy) is 1. The molecule has 4 heterocycles. The fourth-order valence-electron chi connectivity index (χ4n) is 5.56. The van der Waals surface area contributed by atoms with Crippen molar-refractivity contribution in [2.45, 2.75) is 13.5 Å². The molecule has 0 atom stereocenters. The van der Waals surface area contributed by atoms with Crippen molar-refractivity contribution in [2.75, 3.05) is 70.9 Å². The third-order valence-corrected chi connectivity index (χ3v) is 9.08. The molecule has 2 aromatic heterocycles. The maximum absolute atomic E-state index is 13.2. The Bertz CT molecular complexity index is 1500. The van der Waals surface area contributed by atoms with Crippen LogP contribution in [0.4, 0.5) is 5.69 Å². The number of aryl methyl sites for hydroxylation is 1. The number of piperazine rings is 1. The van der Waals surface area contributed by atoms with Gasteiger partial charge in [0.25, 0.3) is 5.91 Å². The van der Waals surface area contributed by atoms with E-state index in [-0.39, 0.29) is 5.91 Å². The van der Waals surface area contributed by atoms with E-state index in [1.807, 2.05) is 48.7 Å². The second-order valence-corrected chi connectivity index (χ2v) is 11.8. The van der Waals surface area contributed by atoms with Gasteiger partial charge in [-0.1, -0.05) is 36.4 Å². The zero-order valence-corrected chi connectivity index (χ0v) is 24.5. The van der Waals surface area contributed by atoms with E-state index in [4.69, 9.17) is 4.74 Å². The van der Waals surface area contributed by atoms with E-state index in [1.165, 1.54) is 16.9 Å². The summed E-state index contributed by atoms with van der Waals surface area (Å²) >= 11 is 1.48. The fraction of sp³-hybridized carbons (Fsp3) is 0.375. The highest BCUT2D eigenvalue weighted by Crippen LogP contribution is 2.26. The van der Waals surface area contributed by atoms with Crippen molar-refractivity contribution in [3.63, 3.8) is 0 Å². The lowest BCUT2D eigenvalue weighted by molar-refractivity contribution is 0.0297. The average molecular weight is 571 g/mol. The number of rotatable bonds is 9. The number of hydrogen-bond donors (Lipinski definition) is 2. The topological polar surface area (TPSA) is 76.7 Å². The van der Waals surface area contributed by atoms with Crippen molar-refractivity contribution in [3.8, 4) is 0 Å². The number of benzene rings is 2. The molecule has 214 valence electrons. The van der Waals surface area contributed by atoms with E-state index in [9.17, 15) is 4.79 Å². The number of aromatic nitrogens is 2. The van der Waals surface area contributed by atoms with E-state index in [2.05, 4.69) is 54.5 Å². The predicted molar refractivity (Wildman–Crippen MR) is 167 cm³/mol. The maximum atomic E-state index is 13.2. The van der Waals surface area contributed by atoms with Crippen LogP contribution in [0.25, 0.3) is 23.1 Å². The third kappa shape index (κ3) is 6.94. The lowest BCUT2D eigenvalue weighted by Crippen LogP contribution is -2.49. The minimum atomic E-state index is -0.0663. The highest BCUT2D eigenvalue weighted by molar-refractivity contribution is 7.12. The molecule has 0 unspecified atom stereocenters. The monoisotopic (exact) mass is 570 g/mol. The molecule has 2 aliphatic heterocycles. The van der Waals surface area contributed by atoms with E-state index in [1.54, 1.807) is 0 Å². The fourth-order valence-corrected chi connectivity index (χ4v) is 6.38. The molecule has 1 amide bonds. The van der Waals surface area contributed by atoms with E-state index >= 15 is 0 Å². The summed E-state index contributed by atoms with van der Waals surface area (Å²) < 4.78 is 5.48. The van der Waals surface area contributed by atoms with Gasteiger partial charge in [0.15, 0.2) is 0 Å². The van der Waals surface area contributed by atoms with Crippen LogP contribution < -0.4 is 5.32 Å². The Morgan fingerprint density at radius 2 is 1.73 bits per heavy atom. The first-order chi connectivity index (χ1) is 20.1. The Balaban J connectivity index is 1.14. The standard InChI is InChI=1S/C32H38N6O2S/c1-24-10-21-41-31(24)32(39)33-30-22-25(6-7-26(30)8-9-29-27-4-2-3-5-28(27)34-35-29)23-38-15-13-36(14-16-38)11-12-37-17-19-40-20-18-37/h2-10,21-22H,11-20,23H2,1H3,(H,33,39)(H,34,35). The van der Waals surface area contributed by atoms with Crippen LogP contribution in [0.2, 0.25) is 0 Å². The van der Waals surface area contributed by atoms with Crippen LogP contribution in [-0.4, -0.2) is 96.4 Å². The number of nitrogens with one attached hydrogen (secondary N) is 2. The Hall–Kier alpha value is -3.34. The largest absolute Gasteiger partial charge is 0.379 e. The predicted octanol–water partition coefficient (Wildman–Crippen LogP) is 4.81. The average Bonchev–Trinajstić information content (AvgIpc) is 3.63. The second kappa shape index (κ2) is 13.1. The Morgan fingerprint density at radius 1 is 0.976 bits per heavy atom. The lowest BCUT2D eigenvalue weighted by Gasteiger charge is -2.36. The molecule has 8 nitrogen and oxygen atoms in total. The first-order valence-corrected chi connectivity index (χ1v) is 15.3. The molecule has 41 heavy (non-hydrogen) atoms. The zero-order valence-electron chi connectivity index (χ0n) is 23.6. The van der Waals surface area contributed by atoms with Gasteiger partial charge in [0, 0.05) is 70.0 Å². The molecule has 9 heteroatoms. The van der Waals surface area contributed by atoms with Gasteiger partial charge in [0.2, 0.25) is 0 Å². The van der Waals surface area contributed by atoms with Crippen LogP contribution >= 0.6 is 11.3 Å². The van der Waals surface area contributed by atoms with Crippen LogP contribution in [0.1, 0.15) is 32.1 Å². The van der Waals surface area contributed by atoms with E-state index in [0.717, 1.165) is 110 Å². The van der Waals surface area contributed by atoms with Gasteiger partial charge in [0.05, 0.1) is 29.3 Å². The van der Waals surface area contributed by atoms with Crippen molar-refractivity contribution >= 4 is 46.0 Å². The summed E-state index contributed by atoms with van der Waals surface area (Å²) in [6.07, 6.45) is 4.05. The summed E-state index contributed by atoms with van der Waals surface area (Å²) in [6.45, 7) is 13.2. The van der Waals surface area contributed by atoms with E-state index < -0.39 is 0 Å². The van der Waals surface area contributed by atoms with Gasteiger partial charge in [-0.25, -0.2) is 0 Å². The summed E-state index contributed by atoms with van der Waals surface area (Å²) in [5.41, 5.74) is 5.85. The number of hydrogen-bond acceptors (Lipinski definition) is 7. The number of amides is 1. The first-order valence-electron chi connectivity index (χ1n) is 14.5. The van der Waals surface area contributed by atoms with Gasteiger partial charge in [-0.3, -0.25) is 24.6 Å². The number of fused-ring (bicyclic) bond motifs is 1. The molecule has 2 aromatic carbocycles. The van der Waals surface area contributed by atoms with Gasteiger partial charge in [-0.05, 0) is 53.3 Å².